The first-order valence-corrected chi connectivity index (χ1v) is 9.35. The maximum atomic E-state index is 13.3. The first kappa shape index (κ1) is 18.6. The topological polar surface area (TPSA) is 89.8 Å². The van der Waals surface area contributed by atoms with Crippen LogP contribution in [0.25, 0.3) is 0 Å². The van der Waals surface area contributed by atoms with Gasteiger partial charge in [-0.25, -0.2) is 4.79 Å². The summed E-state index contributed by atoms with van der Waals surface area (Å²) < 4.78 is 29.0. The summed E-state index contributed by atoms with van der Waals surface area (Å²) in [5.41, 5.74) is 0.715. The van der Waals surface area contributed by atoms with Crippen LogP contribution in [0.15, 0.2) is 40.7 Å². The molecular formula is C15H22N3O5P. The molecule has 0 fully saturated rings. The molecule has 1 heterocycles. The Morgan fingerprint density at radius 1 is 1.29 bits per heavy atom. The van der Waals surface area contributed by atoms with Gasteiger partial charge in [-0.1, -0.05) is 35.6 Å². The summed E-state index contributed by atoms with van der Waals surface area (Å²) in [5.74, 6) is -1.27. The molecule has 8 nitrogen and oxygen atoms in total. The molecule has 0 saturated heterocycles. The molecule has 1 aliphatic rings. The first-order valence-electron chi connectivity index (χ1n) is 7.74. The van der Waals surface area contributed by atoms with Crippen LogP contribution in [0.4, 0.5) is 0 Å². The van der Waals surface area contributed by atoms with Crippen molar-refractivity contribution in [3.05, 3.63) is 35.9 Å². The lowest BCUT2D eigenvalue weighted by atomic mass is 10.2. The monoisotopic (exact) mass is 355 g/mol. The summed E-state index contributed by atoms with van der Waals surface area (Å²) in [5, 5.41) is 9.41. The van der Waals surface area contributed by atoms with Crippen molar-refractivity contribution in [1.29, 1.82) is 0 Å². The standard InChI is InChI=1S/C15H22N3O5P/c1-4-22-24(20,23-5-2)14(12-9-7-6-8-10-12)18-11-13(16-17-18)15(19)21-3/h6-10,13-14H,4-5,11H2,1-3H3/t13-,14-/m0/s1. The van der Waals surface area contributed by atoms with Crippen molar-refractivity contribution in [3.63, 3.8) is 0 Å². The van der Waals surface area contributed by atoms with E-state index in [9.17, 15) is 9.36 Å². The molecule has 1 aliphatic heterocycles. The van der Waals surface area contributed by atoms with Gasteiger partial charge in [0.1, 0.15) is 0 Å². The predicted octanol–water partition coefficient (Wildman–Crippen LogP) is 3.18. The van der Waals surface area contributed by atoms with Crippen LogP contribution >= 0.6 is 7.60 Å². The van der Waals surface area contributed by atoms with Crippen LogP contribution in [0, 0.1) is 0 Å². The van der Waals surface area contributed by atoms with Crippen molar-refractivity contribution in [2.75, 3.05) is 26.9 Å². The molecule has 0 spiro atoms. The molecule has 0 N–H and O–H groups in total. The van der Waals surface area contributed by atoms with Crippen LogP contribution in [0.5, 0.6) is 0 Å². The fraction of sp³-hybridized carbons (Fsp3) is 0.533. The van der Waals surface area contributed by atoms with Crippen LogP contribution in [-0.4, -0.2) is 43.9 Å². The highest BCUT2D eigenvalue weighted by molar-refractivity contribution is 7.54. The fourth-order valence-electron chi connectivity index (χ4n) is 2.47. The number of nitrogens with zero attached hydrogens (tertiary/aromatic N) is 3. The quantitative estimate of drug-likeness (QED) is 0.525. The summed E-state index contributed by atoms with van der Waals surface area (Å²) in [6.07, 6.45) is 0. The second kappa shape index (κ2) is 8.37. The Kier molecular flexibility index (Phi) is 6.48. The molecule has 0 saturated carbocycles. The molecule has 24 heavy (non-hydrogen) atoms. The van der Waals surface area contributed by atoms with Gasteiger partial charge in [0.05, 0.1) is 26.9 Å². The molecule has 0 bridgehead atoms. The number of hydrogen-bond donors (Lipinski definition) is 0. The Morgan fingerprint density at radius 3 is 2.46 bits per heavy atom. The van der Waals surface area contributed by atoms with Crippen LogP contribution in [0.2, 0.25) is 0 Å². The van der Waals surface area contributed by atoms with E-state index in [-0.39, 0.29) is 19.8 Å². The minimum atomic E-state index is -3.55. The van der Waals surface area contributed by atoms with Crippen LogP contribution in [-0.2, 0) is 23.1 Å². The van der Waals surface area contributed by atoms with Crippen LogP contribution in [0.1, 0.15) is 25.2 Å². The SMILES string of the molecule is CCOP(=O)(OCC)[C@@H](c1ccccc1)N1C[C@@H](C(=O)OC)N=N1. The number of hydrogen-bond acceptors (Lipinski definition) is 8. The minimum absolute atomic E-state index is 0.149. The molecule has 0 radical (unpaired) electrons. The second-order valence-corrected chi connectivity index (χ2v) is 7.11. The molecule has 9 heteroatoms. The van der Waals surface area contributed by atoms with Gasteiger partial charge in [-0.3, -0.25) is 9.57 Å². The normalized spacial score (nSPS) is 18.6. The average molecular weight is 355 g/mol. The molecule has 0 amide bonds. The first-order chi connectivity index (χ1) is 11.6. The molecule has 2 rings (SSSR count). The summed E-state index contributed by atoms with van der Waals surface area (Å²) in [6, 6.07) is 8.39. The van der Waals surface area contributed by atoms with E-state index in [0.717, 1.165) is 0 Å². The Bertz CT molecular complexity index is 615. The summed E-state index contributed by atoms with van der Waals surface area (Å²) in [4.78, 5) is 11.7. The van der Waals surface area contributed by atoms with Gasteiger partial charge in [-0.2, -0.15) is 5.11 Å². The molecule has 0 aromatic heterocycles. The summed E-state index contributed by atoms with van der Waals surface area (Å²) in [7, 11) is -2.25. The van der Waals surface area contributed by atoms with E-state index >= 15 is 0 Å². The number of carbonyl (C=O) groups excluding carboxylic acids is 1. The molecule has 1 aromatic carbocycles. The number of rotatable bonds is 8. The smallest absolute Gasteiger partial charge is 0.359 e. The largest absolute Gasteiger partial charge is 0.467 e. The molecule has 132 valence electrons. The van der Waals surface area contributed by atoms with Crippen molar-refractivity contribution in [2.45, 2.75) is 25.7 Å². The Hall–Kier alpha value is -1.76. The zero-order valence-electron chi connectivity index (χ0n) is 14.0. The number of esters is 1. The maximum Gasteiger partial charge on any atom is 0.359 e. The fourth-order valence-corrected chi connectivity index (χ4v) is 4.55. The minimum Gasteiger partial charge on any atom is -0.467 e. The third-order valence-electron chi connectivity index (χ3n) is 3.44. The van der Waals surface area contributed by atoms with E-state index in [1.165, 1.54) is 12.1 Å². The van der Waals surface area contributed by atoms with Gasteiger partial charge >= 0.3 is 13.6 Å². The lowest BCUT2D eigenvalue weighted by Crippen LogP contribution is -2.31. The second-order valence-electron chi connectivity index (χ2n) is 5.03. The zero-order valence-corrected chi connectivity index (χ0v) is 14.9. The average Bonchev–Trinajstić information content (AvgIpc) is 3.05. The number of methoxy groups -OCH3 is 1. The van der Waals surface area contributed by atoms with Gasteiger partial charge in [0.2, 0.25) is 0 Å². The molecule has 1 aromatic rings. The van der Waals surface area contributed by atoms with Crippen molar-refractivity contribution in [1.82, 2.24) is 5.01 Å². The molecule has 0 unspecified atom stereocenters. The number of ether oxygens (including phenoxy) is 1. The van der Waals surface area contributed by atoms with Gasteiger partial charge < -0.3 is 13.8 Å². The van der Waals surface area contributed by atoms with Gasteiger partial charge in [0.15, 0.2) is 11.8 Å². The lowest BCUT2D eigenvalue weighted by Gasteiger charge is -2.31. The Balaban J connectivity index is 2.36. The highest BCUT2D eigenvalue weighted by atomic mass is 31.2. The van der Waals surface area contributed by atoms with Crippen LogP contribution in [0.3, 0.4) is 0 Å². The molecule has 2 atom stereocenters. The Morgan fingerprint density at radius 2 is 1.92 bits per heavy atom. The van der Waals surface area contributed by atoms with E-state index in [4.69, 9.17) is 13.8 Å². The maximum absolute atomic E-state index is 13.3. The lowest BCUT2D eigenvalue weighted by molar-refractivity contribution is -0.142. The van der Waals surface area contributed by atoms with Gasteiger partial charge in [0, 0.05) is 0 Å². The molecule has 0 aliphatic carbocycles. The Labute approximate surface area is 141 Å². The number of carbonyl (C=O) groups is 1. The highest BCUT2D eigenvalue weighted by Crippen LogP contribution is 2.62. The van der Waals surface area contributed by atoms with E-state index in [1.54, 1.807) is 13.8 Å². The summed E-state index contributed by atoms with van der Waals surface area (Å²) in [6.45, 7) is 4.10. The van der Waals surface area contributed by atoms with Crippen LogP contribution < -0.4 is 0 Å². The zero-order chi connectivity index (χ0) is 17.6. The van der Waals surface area contributed by atoms with Gasteiger partial charge in [0.25, 0.3) is 0 Å². The predicted molar refractivity (Wildman–Crippen MR) is 87.4 cm³/mol. The van der Waals surface area contributed by atoms with Gasteiger partial charge in [-0.15, -0.1) is 0 Å². The summed E-state index contributed by atoms with van der Waals surface area (Å²) >= 11 is 0. The van der Waals surface area contributed by atoms with E-state index in [1.807, 2.05) is 30.3 Å². The molecular weight excluding hydrogens is 333 g/mol. The number of benzene rings is 1. The van der Waals surface area contributed by atoms with Crippen molar-refractivity contribution in [2.24, 2.45) is 10.3 Å². The van der Waals surface area contributed by atoms with E-state index in [2.05, 4.69) is 10.3 Å². The van der Waals surface area contributed by atoms with Crippen molar-refractivity contribution >= 4 is 13.6 Å². The third-order valence-corrected chi connectivity index (χ3v) is 5.84. The van der Waals surface area contributed by atoms with Crippen molar-refractivity contribution < 1.29 is 23.1 Å². The van der Waals surface area contributed by atoms with E-state index in [0.29, 0.717) is 5.56 Å². The van der Waals surface area contributed by atoms with Gasteiger partial charge in [-0.05, 0) is 19.4 Å². The third kappa shape index (κ3) is 4.01. The van der Waals surface area contributed by atoms with E-state index < -0.39 is 25.4 Å². The van der Waals surface area contributed by atoms with Crippen molar-refractivity contribution in [3.8, 4) is 0 Å². The highest BCUT2D eigenvalue weighted by Gasteiger charge is 2.44.